The van der Waals surface area contributed by atoms with E-state index in [1.54, 1.807) is 0 Å². The molecule has 0 radical (unpaired) electrons. The molecule has 0 aliphatic rings. The van der Waals surface area contributed by atoms with Gasteiger partial charge in [0.2, 0.25) is 0 Å². The lowest BCUT2D eigenvalue weighted by Gasteiger charge is -2.09. The molecule has 0 saturated carbocycles. The van der Waals surface area contributed by atoms with Gasteiger partial charge in [-0.25, -0.2) is 4.98 Å². The summed E-state index contributed by atoms with van der Waals surface area (Å²) in [5.41, 5.74) is -0.733. The Morgan fingerprint density at radius 1 is 1.26 bits per heavy atom. The lowest BCUT2D eigenvalue weighted by Crippen LogP contribution is -2.09. The number of aromatic nitrogens is 1. The molecule has 0 unspecified atom stereocenters. The molecule has 0 saturated heterocycles. The third-order valence-electron chi connectivity index (χ3n) is 2.42. The number of ether oxygens (including phenoxy) is 1. The van der Waals surface area contributed by atoms with Crippen LogP contribution in [0.5, 0.6) is 0 Å². The van der Waals surface area contributed by atoms with Crippen molar-refractivity contribution in [2.75, 3.05) is 18.5 Å². The number of hydrogen-bond donors (Lipinski definition) is 1. The molecule has 1 aromatic heterocycles. The van der Waals surface area contributed by atoms with Crippen molar-refractivity contribution < 1.29 is 17.9 Å². The number of hydrogen-bond acceptors (Lipinski definition) is 3. The minimum atomic E-state index is -4.33. The van der Waals surface area contributed by atoms with Gasteiger partial charge in [0.1, 0.15) is 5.82 Å². The van der Waals surface area contributed by atoms with Crippen molar-refractivity contribution in [1.82, 2.24) is 4.98 Å². The normalized spacial score (nSPS) is 11.9. The van der Waals surface area contributed by atoms with E-state index in [9.17, 15) is 13.2 Å². The molecule has 3 nitrogen and oxygen atoms in total. The first-order chi connectivity index (χ1) is 8.89. The Hall–Kier alpha value is -1.30. The van der Waals surface area contributed by atoms with Crippen molar-refractivity contribution in [2.45, 2.75) is 39.0 Å². The highest BCUT2D eigenvalue weighted by atomic mass is 19.4. The molecule has 0 aliphatic heterocycles. The minimum Gasteiger partial charge on any atom is -0.379 e. The monoisotopic (exact) mass is 276 g/mol. The number of rotatable bonds is 7. The molecular formula is C13H19F3N2O. The van der Waals surface area contributed by atoms with E-state index in [4.69, 9.17) is 4.74 Å². The first-order valence-electron chi connectivity index (χ1n) is 6.28. The summed E-state index contributed by atoms with van der Waals surface area (Å²) in [5, 5.41) is 2.98. The predicted octanol–water partition coefficient (Wildman–Crippen LogP) is 3.72. The molecule has 0 atom stereocenters. The topological polar surface area (TPSA) is 34.1 Å². The summed E-state index contributed by atoms with van der Waals surface area (Å²) < 4.78 is 42.3. The lowest BCUT2D eigenvalue weighted by molar-refractivity contribution is -0.137. The highest BCUT2D eigenvalue weighted by Crippen LogP contribution is 2.28. The molecule has 1 N–H and O–H groups in total. The number of pyridine rings is 1. The first-order valence-corrected chi connectivity index (χ1v) is 6.28. The number of alkyl halides is 3. The number of anilines is 1. The Morgan fingerprint density at radius 3 is 2.53 bits per heavy atom. The molecule has 1 heterocycles. The Labute approximate surface area is 111 Å². The van der Waals surface area contributed by atoms with E-state index in [2.05, 4.69) is 10.3 Å². The van der Waals surface area contributed by atoms with Crippen LogP contribution in [-0.4, -0.2) is 24.2 Å². The van der Waals surface area contributed by atoms with E-state index in [1.165, 1.54) is 6.07 Å². The molecule has 108 valence electrons. The van der Waals surface area contributed by atoms with E-state index >= 15 is 0 Å². The largest absolute Gasteiger partial charge is 0.417 e. The van der Waals surface area contributed by atoms with E-state index < -0.39 is 11.7 Å². The van der Waals surface area contributed by atoms with Crippen LogP contribution in [0.25, 0.3) is 0 Å². The van der Waals surface area contributed by atoms with Gasteiger partial charge in [0.05, 0.1) is 11.7 Å². The molecule has 0 spiro atoms. The zero-order chi connectivity index (χ0) is 14.3. The summed E-state index contributed by atoms with van der Waals surface area (Å²) in [4.78, 5) is 3.73. The maximum absolute atomic E-state index is 12.3. The number of halogens is 3. The lowest BCUT2D eigenvalue weighted by atomic mass is 10.2. The molecule has 0 bridgehead atoms. The molecule has 1 rings (SSSR count). The summed E-state index contributed by atoms with van der Waals surface area (Å²) in [6.45, 7) is 5.31. The summed E-state index contributed by atoms with van der Waals surface area (Å²) in [7, 11) is 0. The Morgan fingerprint density at radius 2 is 2.00 bits per heavy atom. The van der Waals surface area contributed by atoms with Crippen LogP contribution in [-0.2, 0) is 10.9 Å². The maximum Gasteiger partial charge on any atom is 0.417 e. The molecule has 1 aromatic rings. The average Bonchev–Trinajstić information content (AvgIpc) is 2.32. The maximum atomic E-state index is 12.3. The third kappa shape index (κ3) is 6.42. The fourth-order valence-corrected chi connectivity index (χ4v) is 1.43. The van der Waals surface area contributed by atoms with Gasteiger partial charge in [0.25, 0.3) is 0 Å². The first kappa shape index (κ1) is 15.8. The van der Waals surface area contributed by atoms with E-state index in [-0.39, 0.29) is 6.10 Å². The number of nitrogens with zero attached hydrogens (tertiary/aromatic N) is 1. The Kier molecular flexibility index (Phi) is 6.08. The van der Waals surface area contributed by atoms with Crippen molar-refractivity contribution in [2.24, 2.45) is 0 Å². The zero-order valence-corrected chi connectivity index (χ0v) is 11.1. The van der Waals surface area contributed by atoms with Crippen LogP contribution in [0.3, 0.4) is 0 Å². The van der Waals surface area contributed by atoms with Crippen LogP contribution in [0, 0.1) is 0 Å². The summed E-state index contributed by atoms with van der Waals surface area (Å²) in [6, 6.07) is 2.37. The molecule has 19 heavy (non-hydrogen) atoms. The SMILES string of the molecule is CC(C)OCCCCNc1ccc(C(F)(F)F)cn1. The van der Waals surface area contributed by atoms with Crippen molar-refractivity contribution in [1.29, 1.82) is 0 Å². The van der Waals surface area contributed by atoms with Crippen LogP contribution in [0.1, 0.15) is 32.3 Å². The average molecular weight is 276 g/mol. The van der Waals surface area contributed by atoms with E-state index in [0.29, 0.717) is 19.0 Å². The van der Waals surface area contributed by atoms with Gasteiger partial charge >= 0.3 is 6.18 Å². The number of nitrogens with one attached hydrogen (secondary N) is 1. The number of unbranched alkanes of at least 4 members (excludes halogenated alkanes) is 1. The summed E-state index contributed by atoms with van der Waals surface area (Å²) in [5.74, 6) is 0.456. The minimum absolute atomic E-state index is 0.226. The summed E-state index contributed by atoms with van der Waals surface area (Å²) in [6.07, 6.45) is -1.48. The zero-order valence-electron chi connectivity index (χ0n) is 11.1. The second-order valence-electron chi connectivity index (χ2n) is 4.48. The van der Waals surface area contributed by atoms with Crippen molar-refractivity contribution in [3.8, 4) is 0 Å². The van der Waals surface area contributed by atoms with Gasteiger partial charge in [-0.05, 0) is 38.8 Å². The fraction of sp³-hybridized carbons (Fsp3) is 0.615. The van der Waals surface area contributed by atoms with Gasteiger partial charge < -0.3 is 10.1 Å². The quantitative estimate of drug-likeness (QED) is 0.771. The van der Waals surface area contributed by atoms with Crippen molar-refractivity contribution in [3.05, 3.63) is 23.9 Å². The molecule has 0 fully saturated rings. The Balaban J connectivity index is 2.23. The van der Waals surface area contributed by atoms with Crippen LogP contribution in [0.4, 0.5) is 19.0 Å². The second-order valence-corrected chi connectivity index (χ2v) is 4.48. The fourth-order valence-electron chi connectivity index (χ4n) is 1.43. The van der Waals surface area contributed by atoms with Gasteiger partial charge in [0.15, 0.2) is 0 Å². The van der Waals surface area contributed by atoms with Crippen LogP contribution in [0.2, 0.25) is 0 Å². The highest BCUT2D eigenvalue weighted by Gasteiger charge is 2.30. The van der Waals surface area contributed by atoms with E-state index in [1.807, 2.05) is 13.8 Å². The van der Waals surface area contributed by atoms with Gasteiger partial charge in [-0.2, -0.15) is 13.2 Å². The summed E-state index contributed by atoms with van der Waals surface area (Å²) >= 11 is 0. The molecule has 0 aliphatic carbocycles. The molecule has 0 aromatic carbocycles. The van der Waals surface area contributed by atoms with Gasteiger partial charge in [-0.3, -0.25) is 0 Å². The molecule has 0 amide bonds. The third-order valence-corrected chi connectivity index (χ3v) is 2.42. The smallest absolute Gasteiger partial charge is 0.379 e. The van der Waals surface area contributed by atoms with Crippen molar-refractivity contribution in [3.63, 3.8) is 0 Å². The van der Waals surface area contributed by atoms with Crippen LogP contribution < -0.4 is 5.32 Å². The van der Waals surface area contributed by atoms with Crippen LogP contribution >= 0.6 is 0 Å². The Bertz CT molecular complexity index is 363. The highest BCUT2D eigenvalue weighted by molar-refractivity contribution is 5.35. The predicted molar refractivity (Wildman–Crippen MR) is 68.1 cm³/mol. The second kappa shape index (κ2) is 7.33. The van der Waals surface area contributed by atoms with E-state index in [0.717, 1.165) is 25.1 Å². The molecule has 6 heteroatoms. The van der Waals surface area contributed by atoms with Crippen LogP contribution in [0.15, 0.2) is 18.3 Å². The van der Waals surface area contributed by atoms with Crippen molar-refractivity contribution >= 4 is 5.82 Å². The van der Waals surface area contributed by atoms with Gasteiger partial charge in [-0.15, -0.1) is 0 Å². The van der Waals surface area contributed by atoms with Gasteiger partial charge in [-0.1, -0.05) is 0 Å². The standard InChI is InChI=1S/C13H19F3N2O/c1-10(2)19-8-4-3-7-17-12-6-5-11(9-18-12)13(14,15)16/h5-6,9-10H,3-4,7-8H2,1-2H3,(H,17,18). The molecular weight excluding hydrogens is 257 g/mol. The van der Waals surface area contributed by atoms with Gasteiger partial charge in [0, 0.05) is 19.3 Å².